The molecule has 1 aliphatic rings. The molecule has 168 valence electrons. The fourth-order valence-electron chi connectivity index (χ4n) is 3.53. The van der Waals surface area contributed by atoms with Crippen LogP contribution in [0.3, 0.4) is 0 Å². The zero-order valence-electron chi connectivity index (χ0n) is 17.0. The molecule has 1 saturated carbocycles. The zero-order valence-corrected chi connectivity index (χ0v) is 17.8. The van der Waals surface area contributed by atoms with Crippen molar-refractivity contribution in [1.82, 2.24) is 10.3 Å². The SMILES string of the molecule is O=[N+]([O-])c1cccc(S(=O)(=O)NN[C@@H](Cc2ccccc2)[C@@H](O)COC2CCCC2)c1. The Labute approximate surface area is 181 Å². The Morgan fingerprint density at radius 3 is 2.52 bits per heavy atom. The Hall–Kier alpha value is -2.37. The Bertz CT molecular complexity index is 964. The van der Waals surface area contributed by atoms with E-state index in [1.165, 1.54) is 18.2 Å². The fourth-order valence-corrected chi connectivity index (χ4v) is 4.49. The van der Waals surface area contributed by atoms with Crippen molar-refractivity contribution < 1.29 is 23.2 Å². The number of non-ortho nitro benzene ring substituents is 1. The topological polar surface area (TPSA) is 131 Å². The van der Waals surface area contributed by atoms with Crippen LogP contribution >= 0.6 is 0 Å². The van der Waals surface area contributed by atoms with E-state index in [0.717, 1.165) is 37.3 Å². The molecule has 10 heteroatoms. The molecule has 9 nitrogen and oxygen atoms in total. The quantitative estimate of drug-likeness (QED) is 0.354. The van der Waals surface area contributed by atoms with Gasteiger partial charge < -0.3 is 9.84 Å². The van der Waals surface area contributed by atoms with Gasteiger partial charge in [-0.2, -0.15) is 0 Å². The summed E-state index contributed by atoms with van der Waals surface area (Å²) in [6.45, 7) is 0.0771. The lowest BCUT2D eigenvalue weighted by Gasteiger charge is -2.25. The first-order valence-electron chi connectivity index (χ1n) is 10.2. The van der Waals surface area contributed by atoms with Crippen LogP contribution in [0.25, 0.3) is 0 Å². The number of benzene rings is 2. The monoisotopic (exact) mass is 449 g/mol. The molecule has 0 spiro atoms. The van der Waals surface area contributed by atoms with Gasteiger partial charge in [-0.15, -0.1) is 4.83 Å². The number of nitrogens with zero attached hydrogens (tertiary/aromatic N) is 1. The Kier molecular flexibility index (Phi) is 8.10. The van der Waals surface area contributed by atoms with Gasteiger partial charge in [-0.3, -0.25) is 10.1 Å². The van der Waals surface area contributed by atoms with Gasteiger partial charge in [0.05, 0.1) is 34.7 Å². The molecule has 1 fully saturated rings. The second-order valence-corrected chi connectivity index (χ2v) is 9.29. The van der Waals surface area contributed by atoms with Crippen LogP contribution in [0.2, 0.25) is 0 Å². The molecule has 0 aromatic heterocycles. The number of ether oxygens (including phenoxy) is 1. The number of rotatable bonds is 11. The van der Waals surface area contributed by atoms with Crippen molar-refractivity contribution in [3.05, 3.63) is 70.3 Å². The van der Waals surface area contributed by atoms with Crippen molar-refractivity contribution in [2.45, 2.75) is 55.2 Å². The molecular formula is C21H27N3O6S. The molecule has 0 aliphatic heterocycles. The van der Waals surface area contributed by atoms with Crippen molar-refractivity contribution in [3.63, 3.8) is 0 Å². The largest absolute Gasteiger partial charge is 0.389 e. The van der Waals surface area contributed by atoms with Crippen LogP contribution in [0.1, 0.15) is 31.2 Å². The van der Waals surface area contributed by atoms with E-state index in [4.69, 9.17) is 4.74 Å². The molecule has 31 heavy (non-hydrogen) atoms. The van der Waals surface area contributed by atoms with Crippen LogP contribution in [0.5, 0.6) is 0 Å². The van der Waals surface area contributed by atoms with Crippen LogP contribution in [0, 0.1) is 10.1 Å². The van der Waals surface area contributed by atoms with Crippen molar-refractivity contribution in [3.8, 4) is 0 Å². The first-order valence-corrected chi connectivity index (χ1v) is 11.7. The zero-order chi connectivity index (χ0) is 22.3. The minimum atomic E-state index is -4.09. The Morgan fingerprint density at radius 2 is 1.84 bits per heavy atom. The first-order chi connectivity index (χ1) is 14.8. The number of sulfonamides is 1. The van der Waals surface area contributed by atoms with Crippen molar-refractivity contribution >= 4 is 15.7 Å². The van der Waals surface area contributed by atoms with E-state index in [1.807, 2.05) is 30.3 Å². The molecule has 0 unspecified atom stereocenters. The van der Waals surface area contributed by atoms with E-state index in [9.17, 15) is 23.6 Å². The van der Waals surface area contributed by atoms with E-state index in [-0.39, 0.29) is 23.3 Å². The molecule has 0 bridgehead atoms. The van der Waals surface area contributed by atoms with Gasteiger partial charge in [-0.25, -0.2) is 13.8 Å². The number of nitro groups is 1. The van der Waals surface area contributed by atoms with Gasteiger partial charge in [-0.05, 0) is 30.9 Å². The maximum absolute atomic E-state index is 12.6. The third-order valence-electron chi connectivity index (χ3n) is 5.29. The summed E-state index contributed by atoms with van der Waals surface area (Å²) in [6.07, 6.45) is 3.65. The maximum atomic E-state index is 12.6. The number of aliphatic hydroxyl groups excluding tert-OH is 1. The molecule has 2 atom stereocenters. The normalized spacial score (nSPS) is 16.8. The maximum Gasteiger partial charge on any atom is 0.270 e. The Morgan fingerprint density at radius 1 is 1.13 bits per heavy atom. The molecule has 3 rings (SSSR count). The van der Waals surface area contributed by atoms with Gasteiger partial charge in [0.15, 0.2) is 0 Å². The van der Waals surface area contributed by atoms with Gasteiger partial charge in [-0.1, -0.05) is 49.2 Å². The lowest BCUT2D eigenvalue weighted by atomic mass is 10.0. The number of hydrazine groups is 1. The number of nitro benzene ring substituents is 1. The van der Waals surface area contributed by atoms with Gasteiger partial charge in [0.25, 0.3) is 15.7 Å². The fraction of sp³-hybridized carbons (Fsp3) is 0.429. The van der Waals surface area contributed by atoms with Crippen LogP contribution < -0.4 is 10.3 Å². The number of hydrogen-bond donors (Lipinski definition) is 3. The van der Waals surface area contributed by atoms with Crippen molar-refractivity contribution in [1.29, 1.82) is 0 Å². The average molecular weight is 450 g/mol. The summed E-state index contributed by atoms with van der Waals surface area (Å²) < 4.78 is 31.1. The van der Waals surface area contributed by atoms with Gasteiger partial charge in [0.1, 0.15) is 0 Å². The third kappa shape index (κ3) is 6.81. The highest BCUT2D eigenvalue weighted by Crippen LogP contribution is 2.21. The second-order valence-electron chi connectivity index (χ2n) is 7.61. The molecule has 0 saturated heterocycles. The molecule has 0 radical (unpaired) electrons. The van der Waals surface area contributed by atoms with Crippen molar-refractivity contribution in [2.24, 2.45) is 0 Å². The highest BCUT2D eigenvalue weighted by atomic mass is 32.2. The second kappa shape index (κ2) is 10.8. The molecule has 3 N–H and O–H groups in total. The molecule has 0 heterocycles. The summed E-state index contributed by atoms with van der Waals surface area (Å²) in [5.74, 6) is 0. The summed E-state index contributed by atoms with van der Waals surface area (Å²) in [5.41, 5.74) is 3.28. The highest BCUT2D eigenvalue weighted by Gasteiger charge is 2.25. The van der Waals surface area contributed by atoms with E-state index >= 15 is 0 Å². The van der Waals surface area contributed by atoms with Crippen molar-refractivity contribution in [2.75, 3.05) is 6.61 Å². The molecule has 1 aliphatic carbocycles. The minimum Gasteiger partial charge on any atom is -0.389 e. The van der Waals surface area contributed by atoms with Gasteiger partial charge >= 0.3 is 0 Å². The first kappa shape index (κ1) is 23.3. The average Bonchev–Trinajstić information content (AvgIpc) is 3.29. The van der Waals surface area contributed by atoms with Crippen LogP contribution in [-0.2, 0) is 21.2 Å². The third-order valence-corrected chi connectivity index (χ3v) is 6.55. The lowest BCUT2D eigenvalue weighted by molar-refractivity contribution is -0.385. The number of aliphatic hydroxyl groups is 1. The molecule has 2 aromatic rings. The highest BCUT2D eigenvalue weighted by molar-refractivity contribution is 7.89. The van der Waals surface area contributed by atoms with E-state index in [2.05, 4.69) is 10.3 Å². The Balaban J connectivity index is 1.69. The minimum absolute atomic E-state index is 0.0771. The summed E-state index contributed by atoms with van der Waals surface area (Å²) in [5, 5.41) is 21.7. The molecule has 0 amide bonds. The van der Waals surface area contributed by atoms with Gasteiger partial charge in [0, 0.05) is 12.1 Å². The summed E-state index contributed by atoms with van der Waals surface area (Å²) >= 11 is 0. The molecule has 2 aromatic carbocycles. The van der Waals surface area contributed by atoms with Crippen LogP contribution in [0.4, 0.5) is 5.69 Å². The smallest absolute Gasteiger partial charge is 0.270 e. The lowest BCUT2D eigenvalue weighted by Crippen LogP contribution is -2.52. The standard InChI is InChI=1S/C21H27N3O6S/c25-21(15-30-18-10-4-5-11-18)20(13-16-7-2-1-3-8-16)22-23-31(28,29)19-12-6-9-17(14-19)24(26)27/h1-3,6-9,12,14,18,20-23,25H,4-5,10-11,13,15H2/t20-,21-/m0/s1. The summed E-state index contributed by atoms with van der Waals surface area (Å²) in [7, 11) is -4.09. The number of hydrogen-bond acceptors (Lipinski definition) is 7. The van der Waals surface area contributed by atoms with E-state index in [0.29, 0.717) is 6.42 Å². The summed E-state index contributed by atoms with van der Waals surface area (Å²) in [4.78, 5) is 12.3. The summed E-state index contributed by atoms with van der Waals surface area (Å²) in [6, 6.07) is 13.5. The van der Waals surface area contributed by atoms with E-state index in [1.54, 1.807) is 0 Å². The number of nitrogens with one attached hydrogen (secondary N) is 2. The predicted octanol–water partition coefficient (Wildman–Crippen LogP) is 2.31. The van der Waals surface area contributed by atoms with Gasteiger partial charge in [0.2, 0.25) is 0 Å². The van der Waals surface area contributed by atoms with Crippen LogP contribution in [-0.4, -0.2) is 43.3 Å². The predicted molar refractivity (Wildman–Crippen MR) is 115 cm³/mol. The van der Waals surface area contributed by atoms with E-state index < -0.39 is 27.1 Å². The molecular weight excluding hydrogens is 422 g/mol. The van der Waals surface area contributed by atoms with Crippen LogP contribution in [0.15, 0.2) is 59.5 Å².